The number of carbonyl (C=O) groups is 4. The number of esters is 1. The van der Waals surface area contributed by atoms with E-state index >= 15 is 0 Å². The predicted octanol–water partition coefficient (Wildman–Crippen LogP) is 3.16. The molecule has 0 aromatic heterocycles. The highest BCUT2D eigenvalue weighted by molar-refractivity contribution is 6.21. The molecule has 2 aromatic carbocycles. The SMILES string of the molecule is COc1ccc(CN2C(=O)c3ccccc3C2=O)cc1C(=O)OC1CCCCC1=O. The van der Waals surface area contributed by atoms with Crippen LogP contribution in [0.2, 0.25) is 0 Å². The van der Waals surface area contributed by atoms with E-state index in [0.717, 1.165) is 17.7 Å². The van der Waals surface area contributed by atoms with Crippen molar-refractivity contribution in [2.45, 2.75) is 38.3 Å². The van der Waals surface area contributed by atoms with Gasteiger partial charge in [0.2, 0.25) is 0 Å². The lowest BCUT2D eigenvalue weighted by Crippen LogP contribution is -2.30. The standard InChI is InChI=1S/C23H21NO6/c1-29-19-11-10-14(12-17(19)23(28)30-20-9-5-4-8-18(20)25)13-24-21(26)15-6-2-3-7-16(15)22(24)27/h2-3,6-7,10-12,20H,4-5,8-9,13H2,1H3. The molecular formula is C23H21NO6. The van der Waals surface area contributed by atoms with Crippen LogP contribution in [-0.2, 0) is 16.1 Å². The summed E-state index contributed by atoms with van der Waals surface area (Å²) in [7, 11) is 1.43. The van der Waals surface area contributed by atoms with Gasteiger partial charge in [0.25, 0.3) is 11.8 Å². The molecule has 7 nitrogen and oxygen atoms in total. The second-order valence-electron chi connectivity index (χ2n) is 7.38. The van der Waals surface area contributed by atoms with Crippen LogP contribution in [0.4, 0.5) is 0 Å². The Kier molecular flexibility index (Phi) is 5.35. The maximum Gasteiger partial charge on any atom is 0.342 e. The van der Waals surface area contributed by atoms with E-state index in [1.807, 2.05) is 0 Å². The molecule has 4 rings (SSSR count). The van der Waals surface area contributed by atoms with Crippen LogP contribution in [-0.4, -0.2) is 41.7 Å². The first-order valence-corrected chi connectivity index (χ1v) is 9.85. The Labute approximate surface area is 173 Å². The Morgan fingerprint density at radius 1 is 1.03 bits per heavy atom. The van der Waals surface area contributed by atoms with Crippen LogP contribution < -0.4 is 4.74 Å². The number of nitrogens with zero attached hydrogens (tertiary/aromatic N) is 1. The number of hydrogen-bond donors (Lipinski definition) is 0. The minimum atomic E-state index is -0.740. The predicted molar refractivity (Wildman–Crippen MR) is 106 cm³/mol. The van der Waals surface area contributed by atoms with Gasteiger partial charge in [-0.3, -0.25) is 19.3 Å². The van der Waals surface area contributed by atoms with Crippen molar-refractivity contribution in [1.82, 2.24) is 4.90 Å². The van der Waals surface area contributed by atoms with E-state index in [1.54, 1.807) is 36.4 Å². The summed E-state index contributed by atoms with van der Waals surface area (Å²) in [4.78, 5) is 51.1. The maximum atomic E-state index is 12.7. The van der Waals surface area contributed by atoms with Gasteiger partial charge in [-0.1, -0.05) is 18.2 Å². The number of rotatable bonds is 5. The van der Waals surface area contributed by atoms with E-state index in [9.17, 15) is 19.2 Å². The van der Waals surface area contributed by atoms with Gasteiger partial charge in [-0.2, -0.15) is 0 Å². The fourth-order valence-corrected chi connectivity index (χ4v) is 3.85. The molecule has 2 aromatic rings. The lowest BCUT2D eigenvalue weighted by Gasteiger charge is -2.21. The molecular weight excluding hydrogens is 386 g/mol. The number of fused-ring (bicyclic) bond motifs is 1. The fourth-order valence-electron chi connectivity index (χ4n) is 3.85. The van der Waals surface area contributed by atoms with Gasteiger partial charge >= 0.3 is 5.97 Å². The molecule has 1 aliphatic carbocycles. The van der Waals surface area contributed by atoms with Crippen molar-refractivity contribution in [2.75, 3.05) is 7.11 Å². The fraction of sp³-hybridized carbons (Fsp3) is 0.304. The number of hydrogen-bond acceptors (Lipinski definition) is 6. The minimum absolute atomic E-state index is 0.0129. The molecule has 2 aliphatic rings. The summed E-state index contributed by atoms with van der Waals surface area (Å²) in [6, 6.07) is 11.5. The first-order chi connectivity index (χ1) is 14.5. The maximum absolute atomic E-state index is 12.7. The lowest BCUT2D eigenvalue weighted by atomic mass is 9.96. The van der Waals surface area contributed by atoms with E-state index in [4.69, 9.17) is 9.47 Å². The van der Waals surface area contributed by atoms with Gasteiger partial charge < -0.3 is 9.47 Å². The van der Waals surface area contributed by atoms with Crippen molar-refractivity contribution in [2.24, 2.45) is 0 Å². The second kappa shape index (κ2) is 8.10. The summed E-state index contributed by atoms with van der Waals surface area (Å²) in [6.45, 7) is 0.0129. The number of carbonyl (C=O) groups excluding carboxylic acids is 4. The topological polar surface area (TPSA) is 90.0 Å². The van der Waals surface area contributed by atoms with E-state index in [1.165, 1.54) is 13.2 Å². The Bertz CT molecular complexity index is 1010. The van der Waals surface area contributed by atoms with Crippen molar-refractivity contribution >= 4 is 23.6 Å². The van der Waals surface area contributed by atoms with Gasteiger partial charge in [0.1, 0.15) is 11.3 Å². The third-order valence-corrected chi connectivity index (χ3v) is 5.45. The zero-order valence-corrected chi connectivity index (χ0v) is 16.6. The molecule has 2 amide bonds. The average Bonchev–Trinajstić information content (AvgIpc) is 3.00. The number of ketones is 1. The molecule has 0 radical (unpaired) electrons. The molecule has 7 heteroatoms. The summed E-state index contributed by atoms with van der Waals surface area (Å²) in [6.07, 6.45) is 1.83. The van der Waals surface area contributed by atoms with Crippen molar-refractivity contribution in [1.29, 1.82) is 0 Å². The van der Waals surface area contributed by atoms with Gasteiger partial charge in [-0.05, 0) is 49.1 Å². The summed E-state index contributed by atoms with van der Waals surface area (Å²) < 4.78 is 10.7. The highest BCUT2D eigenvalue weighted by Gasteiger charge is 2.35. The highest BCUT2D eigenvalue weighted by Crippen LogP contribution is 2.27. The molecule has 1 atom stereocenters. The summed E-state index contributed by atoms with van der Waals surface area (Å²) in [5.41, 5.74) is 1.47. The molecule has 154 valence electrons. The van der Waals surface area contributed by atoms with Crippen molar-refractivity contribution < 1.29 is 28.7 Å². The molecule has 0 N–H and O–H groups in total. The monoisotopic (exact) mass is 407 g/mol. The number of benzene rings is 2. The molecule has 1 unspecified atom stereocenters. The molecule has 1 heterocycles. The Morgan fingerprint density at radius 2 is 1.73 bits per heavy atom. The van der Waals surface area contributed by atoms with E-state index < -0.39 is 12.1 Å². The van der Waals surface area contributed by atoms with Crippen molar-refractivity contribution in [3.05, 3.63) is 64.7 Å². The smallest absolute Gasteiger partial charge is 0.342 e. The molecule has 0 spiro atoms. The number of methoxy groups -OCH3 is 1. The normalized spacial score (nSPS) is 18.4. The number of Topliss-reactive ketones (excluding diaryl/α,β-unsaturated/α-hetero) is 1. The Hall–Kier alpha value is -3.48. The third-order valence-electron chi connectivity index (χ3n) is 5.45. The molecule has 1 aliphatic heterocycles. The summed E-state index contributed by atoms with van der Waals surface area (Å²) in [5, 5.41) is 0. The van der Waals surface area contributed by atoms with Gasteiger partial charge in [0.05, 0.1) is 24.8 Å². The van der Waals surface area contributed by atoms with Crippen LogP contribution in [0.5, 0.6) is 5.75 Å². The molecule has 30 heavy (non-hydrogen) atoms. The van der Waals surface area contributed by atoms with Crippen LogP contribution in [0.15, 0.2) is 42.5 Å². The molecule has 1 fully saturated rings. The van der Waals surface area contributed by atoms with Crippen LogP contribution in [0.1, 0.15) is 62.3 Å². The van der Waals surface area contributed by atoms with Crippen LogP contribution in [0.25, 0.3) is 0 Å². The Morgan fingerprint density at radius 3 is 2.37 bits per heavy atom. The van der Waals surface area contributed by atoms with Crippen LogP contribution >= 0.6 is 0 Å². The van der Waals surface area contributed by atoms with E-state index in [2.05, 4.69) is 0 Å². The van der Waals surface area contributed by atoms with E-state index in [0.29, 0.717) is 35.3 Å². The third kappa shape index (κ3) is 3.58. The average molecular weight is 407 g/mol. The highest BCUT2D eigenvalue weighted by atomic mass is 16.5. The largest absolute Gasteiger partial charge is 0.496 e. The number of ether oxygens (including phenoxy) is 2. The van der Waals surface area contributed by atoms with Gasteiger partial charge in [-0.15, -0.1) is 0 Å². The molecule has 1 saturated carbocycles. The second-order valence-corrected chi connectivity index (χ2v) is 7.38. The van der Waals surface area contributed by atoms with Gasteiger partial charge in [0, 0.05) is 6.42 Å². The van der Waals surface area contributed by atoms with Gasteiger partial charge in [-0.25, -0.2) is 4.79 Å². The lowest BCUT2D eigenvalue weighted by molar-refractivity contribution is -0.129. The summed E-state index contributed by atoms with van der Waals surface area (Å²) in [5.74, 6) is -1.17. The van der Waals surface area contributed by atoms with Crippen molar-refractivity contribution in [3.63, 3.8) is 0 Å². The van der Waals surface area contributed by atoms with E-state index in [-0.39, 0.29) is 29.7 Å². The number of imide groups is 1. The Balaban J connectivity index is 1.56. The zero-order valence-electron chi connectivity index (χ0n) is 16.6. The van der Waals surface area contributed by atoms with Crippen LogP contribution in [0, 0.1) is 0 Å². The van der Waals surface area contributed by atoms with Crippen molar-refractivity contribution in [3.8, 4) is 5.75 Å². The van der Waals surface area contributed by atoms with Gasteiger partial charge in [0.15, 0.2) is 11.9 Å². The first-order valence-electron chi connectivity index (χ1n) is 9.85. The first kappa shape index (κ1) is 19.8. The minimum Gasteiger partial charge on any atom is -0.496 e. The quantitative estimate of drug-likeness (QED) is 0.559. The number of amides is 2. The summed E-state index contributed by atoms with van der Waals surface area (Å²) >= 11 is 0. The molecule has 0 bridgehead atoms. The zero-order chi connectivity index (χ0) is 21.3. The van der Waals surface area contributed by atoms with Crippen LogP contribution in [0.3, 0.4) is 0 Å². The molecule has 0 saturated heterocycles.